The molecule has 13 heavy (non-hydrogen) atoms. The lowest BCUT2D eigenvalue weighted by atomic mass is 10.00. The van der Waals surface area contributed by atoms with Crippen LogP contribution in [0.25, 0.3) is 0 Å². The van der Waals surface area contributed by atoms with Crippen molar-refractivity contribution in [2.45, 2.75) is 33.1 Å². The van der Waals surface area contributed by atoms with Gasteiger partial charge in [0.25, 0.3) is 0 Å². The molecule has 0 saturated heterocycles. The van der Waals surface area contributed by atoms with Crippen molar-refractivity contribution in [3.05, 3.63) is 0 Å². The fourth-order valence-corrected chi connectivity index (χ4v) is 1.98. The van der Waals surface area contributed by atoms with Gasteiger partial charge in [0.1, 0.15) is 0 Å². The van der Waals surface area contributed by atoms with Crippen molar-refractivity contribution in [3.63, 3.8) is 0 Å². The van der Waals surface area contributed by atoms with Crippen molar-refractivity contribution in [1.29, 1.82) is 0 Å². The summed E-state index contributed by atoms with van der Waals surface area (Å²) in [7, 11) is 0. The topological polar surface area (TPSA) is 9.23 Å². The highest BCUT2D eigenvalue weighted by atomic mass is 79.9. The smallest absolute Gasteiger partial charge is 0.0502 e. The largest absolute Gasteiger partial charge is 0.381 e. The van der Waals surface area contributed by atoms with Crippen LogP contribution in [0.4, 0.5) is 0 Å². The SMILES string of the molecule is CC(C)CC(CBr)COCC1CC1. The Hall–Kier alpha value is 0.440. The first-order valence-corrected chi connectivity index (χ1v) is 6.48. The zero-order valence-electron chi connectivity index (χ0n) is 8.76. The number of ether oxygens (including phenoxy) is 1. The van der Waals surface area contributed by atoms with E-state index in [1.807, 2.05) is 0 Å². The molecule has 0 aromatic carbocycles. The van der Waals surface area contributed by atoms with E-state index in [2.05, 4.69) is 29.8 Å². The van der Waals surface area contributed by atoms with E-state index >= 15 is 0 Å². The van der Waals surface area contributed by atoms with E-state index < -0.39 is 0 Å². The van der Waals surface area contributed by atoms with Gasteiger partial charge >= 0.3 is 0 Å². The van der Waals surface area contributed by atoms with E-state index in [0.29, 0.717) is 5.92 Å². The summed E-state index contributed by atoms with van der Waals surface area (Å²) in [6.45, 7) is 6.49. The molecule has 1 fully saturated rings. The van der Waals surface area contributed by atoms with Gasteiger partial charge in [0.2, 0.25) is 0 Å². The molecule has 1 unspecified atom stereocenters. The number of alkyl halides is 1. The Morgan fingerprint density at radius 1 is 1.38 bits per heavy atom. The predicted molar refractivity (Wildman–Crippen MR) is 60.3 cm³/mol. The first-order valence-electron chi connectivity index (χ1n) is 5.36. The average molecular weight is 249 g/mol. The number of rotatable bonds is 7. The van der Waals surface area contributed by atoms with Crippen LogP contribution in [-0.4, -0.2) is 18.5 Å². The van der Waals surface area contributed by atoms with E-state index in [-0.39, 0.29) is 0 Å². The van der Waals surface area contributed by atoms with Gasteiger partial charge in [0.15, 0.2) is 0 Å². The van der Waals surface area contributed by atoms with E-state index in [0.717, 1.165) is 30.4 Å². The van der Waals surface area contributed by atoms with E-state index in [1.165, 1.54) is 19.3 Å². The Bertz CT molecular complexity index is 132. The zero-order chi connectivity index (χ0) is 9.68. The second-order valence-electron chi connectivity index (χ2n) is 4.63. The molecule has 1 saturated carbocycles. The van der Waals surface area contributed by atoms with Crippen LogP contribution in [0.5, 0.6) is 0 Å². The maximum atomic E-state index is 5.68. The predicted octanol–water partition coefficient (Wildman–Crippen LogP) is 3.47. The summed E-state index contributed by atoms with van der Waals surface area (Å²) >= 11 is 3.55. The Kier molecular flexibility index (Phi) is 5.34. The highest BCUT2D eigenvalue weighted by Gasteiger charge is 2.21. The maximum absolute atomic E-state index is 5.68. The summed E-state index contributed by atoms with van der Waals surface area (Å²) in [6, 6.07) is 0. The average Bonchev–Trinajstić information content (AvgIpc) is 2.85. The van der Waals surface area contributed by atoms with Gasteiger partial charge in [-0.1, -0.05) is 29.8 Å². The van der Waals surface area contributed by atoms with Crippen LogP contribution in [0.2, 0.25) is 0 Å². The van der Waals surface area contributed by atoms with Crippen LogP contribution in [0.15, 0.2) is 0 Å². The summed E-state index contributed by atoms with van der Waals surface area (Å²) in [6.07, 6.45) is 4.06. The number of hydrogen-bond donors (Lipinski definition) is 0. The molecule has 0 bridgehead atoms. The quantitative estimate of drug-likeness (QED) is 0.628. The molecule has 1 aliphatic carbocycles. The van der Waals surface area contributed by atoms with Gasteiger partial charge in [0.05, 0.1) is 6.61 Å². The van der Waals surface area contributed by atoms with Crippen LogP contribution in [0.1, 0.15) is 33.1 Å². The van der Waals surface area contributed by atoms with Crippen molar-refractivity contribution in [3.8, 4) is 0 Å². The lowest BCUT2D eigenvalue weighted by Crippen LogP contribution is -2.14. The van der Waals surface area contributed by atoms with Gasteiger partial charge in [-0.05, 0) is 37.0 Å². The molecule has 78 valence electrons. The van der Waals surface area contributed by atoms with Gasteiger partial charge in [-0.15, -0.1) is 0 Å². The molecule has 1 aliphatic rings. The summed E-state index contributed by atoms with van der Waals surface area (Å²) < 4.78 is 5.68. The molecule has 0 spiro atoms. The van der Waals surface area contributed by atoms with Crippen molar-refractivity contribution in [2.24, 2.45) is 17.8 Å². The normalized spacial score (nSPS) is 19.4. The number of halogens is 1. The molecule has 0 heterocycles. The Morgan fingerprint density at radius 3 is 2.54 bits per heavy atom. The van der Waals surface area contributed by atoms with Crippen molar-refractivity contribution < 1.29 is 4.74 Å². The monoisotopic (exact) mass is 248 g/mol. The molecule has 0 N–H and O–H groups in total. The summed E-state index contributed by atoms with van der Waals surface area (Å²) in [4.78, 5) is 0. The van der Waals surface area contributed by atoms with Crippen LogP contribution >= 0.6 is 15.9 Å². The van der Waals surface area contributed by atoms with Gasteiger partial charge in [-0.2, -0.15) is 0 Å². The van der Waals surface area contributed by atoms with Gasteiger partial charge in [-0.3, -0.25) is 0 Å². The third-order valence-electron chi connectivity index (χ3n) is 2.43. The van der Waals surface area contributed by atoms with Crippen LogP contribution in [-0.2, 0) is 4.74 Å². The minimum absolute atomic E-state index is 0.707. The second kappa shape index (κ2) is 6.02. The molecular formula is C11H21BrO. The standard InChI is InChI=1S/C11H21BrO/c1-9(2)5-11(6-12)8-13-7-10-3-4-10/h9-11H,3-8H2,1-2H3. The highest BCUT2D eigenvalue weighted by Crippen LogP contribution is 2.29. The van der Waals surface area contributed by atoms with Crippen LogP contribution in [0.3, 0.4) is 0 Å². The van der Waals surface area contributed by atoms with Gasteiger partial charge in [-0.25, -0.2) is 0 Å². The van der Waals surface area contributed by atoms with E-state index in [4.69, 9.17) is 4.74 Å². The van der Waals surface area contributed by atoms with E-state index in [9.17, 15) is 0 Å². The van der Waals surface area contributed by atoms with Crippen LogP contribution < -0.4 is 0 Å². The fraction of sp³-hybridized carbons (Fsp3) is 1.00. The third-order valence-corrected chi connectivity index (χ3v) is 3.34. The zero-order valence-corrected chi connectivity index (χ0v) is 10.3. The molecule has 0 aromatic heterocycles. The highest BCUT2D eigenvalue weighted by molar-refractivity contribution is 9.09. The van der Waals surface area contributed by atoms with Gasteiger partial charge in [0, 0.05) is 11.9 Å². The molecular weight excluding hydrogens is 228 g/mol. The molecule has 1 rings (SSSR count). The fourth-order valence-electron chi connectivity index (χ4n) is 1.53. The molecule has 0 aliphatic heterocycles. The first kappa shape index (κ1) is 11.5. The summed E-state index contributed by atoms with van der Waals surface area (Å²) in [5.41, 5.74) is 0. The maximum Gasteiger partial charge on any atom is 0.0502 e. The minimum atomic E-state index is 0.707. The minimum Gasteiger partial charge on any atom is -0.381 e. The molecule has 0 aromatic rings. The van der Waals surface area contributed by atoms with Crippen molar-refractivity contribution >= 4 is 15.9 Å². The first-order chi connectivity index (χ1) is 6.22. The Labute approximate surface area is 90.4 Å². The Morgan fingerprint density at radius 2 is 2.08 bits per heavy atom. The molecule has 1 nitrogen and oxygen atoms in total. The molecule has 1 atom stereocenters. The lowest BCUT2D eigenvalue weighted by Gasteiger charge is -2.16. The van der Waals surface area contributed by atoms with Gasteiger partial charge < -0.3 is 4.74 Å². The molecule has 0 radical (unpaired) electrons. The second-order valence-corrected chi connectivity index (χ2v) is 5.28. The molecule has 2 heteroatoms. The lowest BCUT2D eigenvalue weighted by molar-refractivity contribution is 0.0916. The van der Waals surface area contributed by atoms with E-state index in [1.54, 1.807) is 0 Å². The van der Waals surface area contributed by atoms with Crippen molar-refractivity contribution in [2.75, 3.05) is 18.5 Å². The number of hydrogen-bond acceptors (Lipinski definition) is 1. The van der Waals surface area contributed by atoms with Crippen molar-refractivity contribution in [1.82, 2.24) is 0 Å². The summed E-state index contributed by atoms with van der Waals surface area (Å²) in [5, 5.41) is 1.08. The summed E-state index contributed by atoms with van der Waals surface area (Å²) in [5.74, 6) is 2.39. The Balaban J connectivity index is 2.00. The van der Waals surface area contributed by atoms with Crippen LogP contribution in [0, 0.1) is 17.8 Å². The third kappa shape index (κ3) is 5.69. The molecule has 0 amide bonds.